The van der Waals surface area contributed by atoms with E-state index < -0.39 is 12.8 Å². The summed E-state index contributed by atoms with van der Waals surface area (Å²) >= 11 is 0. The molecule has 2 rings (SSSR count). The van der Waals surface area contributed by atoms with Crippen molar-refractivity contribution in [1.82, 2.24) is 0 Å². The number of hydrogen-bond acceptors (Lipinski definition) is 4. The molecule has 0 fully saturated rings. The van der Waals surface area contributed by atoms with Crippen molar-refractivity contribution in [3.8, 4) is 5.75 Å². The van der Waals surface area contributed by atoms with E-state index in [1.165, 1.54) is 37.6 Å². The Morgan fingerprint density at radius 1 is 1.12 bits per heavy atom. The third-order valence-corrected chi connectivity index (χ3v) is 2.99. The first-order valence-electron chi connectivity index (χ1n) is 7.15. The van der Waals surface area contributed by atoms with Crippen LogP contribution in [-0.2, 0) is 4.84 Å². The Morgan fingerprint density at radius 3 is 2.32 bits per heavy atom. The molecule has 132 valence electrons. The highest BCUT2D eigenvalue weighted by Crippen LogP contribution is 2.20. The predicted molar refractivity (Wildman–Crippen MR) is 87.0 cm³/mol. The molecule has 0 aliphatic carbocycles. The van der Waals surface area contributed by atoms with Crippen molar-refractivity contribution in [3.05, 3.63) is 59.7 Å². The highest BCUT2D eigenvalue weighted by Gasteiger charge is 2.28. The maximum absolute atomic E-state index is 12.1. The van der Waals surface area contributed by atoms with Gasteiger partial charge in [-0.15, -0.1) is 0 Å². The van der Waals surface area contributed by atoms with Crippen LogP contribution in [0, 0.1) is 0 Å². The average Bonchev–Trinajstić information content (AvgIpc) is 2.59. The van der Waals surface area contributed by atoms with Gasteiger partial charge in [0.15, 0.2) is 6.61 Å². The lowest BCUT2D eigenvalue weighted by Gasteiger charge is -2.10. The van der Waals surface area contributed by atoms with Crippen LogP contribution in [0.5, 0.6) is 5.75 Å². The number of hydrogen-bond donors (Lipinski definition) is 1. The molecule has 0 unspecified atom stereocenters. The molecule has 0 radical (unpaired) electrons. The van der Waals surface area contributed by atoms with Gasteiger partial charge in [-0.05, 0) is 42.0 Å². The van der Waals surface area contributed by atoms with Crippen molar-refractivity contribution in [2.45, 2.75) is 6.18 Å². The number of nitrogens with one attached hydrogen (secondary N) is 1. The monoisotopic (exact) mass is 352 g/mol. The van der Waals surface area contributed by atoms with Crippen molar-refractivity contribution in [1.29, 1.82) is 0 Å². The largest absolute Gasteiger partial charge is 0.484 e. The minimum Gasteiger partial charge on any atom is -0.484 e. The molecule has 8 heteroatoms. The third-order valence-electron chi connectivity index (χ3n) is 2.99. The molecule has 0 atom stereocenters. The second kappa shape index (κ2) is 8.18. The lowest BCUT2D eigenvalue weighted by atomic mass is 10.1. The van der Waals surface area contributed by atoms with E-state index in [0.29, 0.717) is 11.3 Å². The molecular weight excluding hydrogens is 337 g/mol. The van der Waals surface area contributed by atoms with Crippen LogP contribution >= 0.6 is 0 Å². The van der Waals surface area contributed by atoms with E-state index in [1.54, 1.807) is 24.3 Å². The Labute approximate surface area is 142 Å². The average molecular weight is 352 g/mol. The second-order valence-corrected chi connectivity index (χ2v) is 4.92. The number of oxime groups is 1. The van der Waals surface area contributed by atoms with Gasteiger partial charge in [-0.1, -0.05) is 17.3 Å². The Hall–Kier alpha value is -3.03. The topological polar surface area (TPSA) is 59.9 Å². The second-order valence-electron chi connectivity index (χ2n) is 4.92. The fourth-order valence-electron chi connectivity index (χ4n) is 1.84. The van der Waals surface area contributed by atoms with E-state index in [0.717, 1.165) is 5.56 Å². The number of rotatable bonds is 6. The number of anilines is 1. The molecule has 0 heterocycles. The minimum atomic E-state index is -4.40. The number of carbonyl (C=O) groups is 1. The van der Waals surface area contributed by atoms with E-state index in [9.17, 15) is 18.0 Å². The smallest absolute Gasteiger partial charge is 0.422 e. The Bertz CT molecular complexity index is 726. The zero-order valence-electron chi connectivity index (χ0n) is 13.2. The summed E-state index contributed by atoms with van der Waals surface area (Å²) in [7, 11) is 1.43. The molecule has 5 nitrogen and oxygen atoms in total. The van der Waals surface area contributed by atoms with E-state index in [1.807, 2.05) is 0 Å². The van der Waals surface area contributed by atoms with Gasteiger partial charge in [-0.3, -0.25) is 4.79 Å². The summed E-state index contributed by atoms with van der Waals surface area (Å²) in [6.45, 7) is -1.36. The molecule has 0 saturated heterocycles. The number of benzene rings is 2. The van der Waals surface area contributed by atoms with Crippen molar-refractivity contribution >= 4 is 17.8 Å². The van der Waals surface area contributed by atoms with Gasteiger partial charge < -0.3 is 14.9 Å². The fraction of sp³-hybridized carbons (Fsp3) is 0.176. The molecular formula is C17H15F3N2O3. The molecule has 0 aromatic heterocycles. The first kappa shape index (κ1) is 18.3. The maximum atomic E-state index is 12.1. The highest BCUT2D eigenvalue weighted by molar-refractivity contribution is 6.04. The quantitative estimate of drug-likeness (QED) is 0.634. The van der Waals surface area contributed by atoms with Gasteiger partial charge in [-0.2, -0.15) is 13.2 Å². The van der Waals surface area contributed by atoms with Crippen LogP contribution in [-0.4, -0.2) is 32.0 Å². The van der Waals surface area contributed by atoms with Crippen LogP contribution in [0.4, 0.5) is 18.9 Å². The third kappa shape index (κ3) is 6.17. The molecule has 0 aliphatic rings. The SMILES string of the molecule is CO/N=C/c1ccc(C(=O)Nc2ccc(OCC(F)(F)F)cc2)cc1. The van der Waals surface area contributed by atoms with Crippen LogP contribution < -0.4 is 10.1 Å². The van der Waals surface area contributed by atoms with E-state index >= 15 is 0 Å². The van der Waals surface area contributed by atoms with Gasteiger partial charge in [0.25, 0.3) is 5.91 Å². The van der Waals surface area contributed by atoms with Gasteiger partial charge >= 0.3 is 6.18 Å². The standard InChI is InChI=1S/C17H15F3N2O3/c1-24-21-10-12-2-4-13(5-3-12)16(23)22-14-6-8-15(9-7-14)25-11-17(18,19)20/h2-10H,11H2,1H3,(H,22,23)/b21-10+. The molecule has 0 saturated carbocycles. The Kier molecular flexibility index (Phi) is 5.99. The van der Waals surface area contributed by atoms with Crippen LogP contribution in [0.2, 0.25) is 0 Å². The van der Waals surface area contributed by atoms with E-state index in [2.05, 4.69) is 20.0 Å². The summed E-state index contributed by atoms with van der Waals surface area (Å²) in [4.78, 5) is 16.7. The molecule has 0 spiro atoms. The summed E-state index contributed by atoms with van der Waals surface area (Å²) in [5.74, 6) is -0.281. The van der Waals surface area contributed by atoms with Crippen LogP contribution in [0.1, 0.15) is 15.9 Å². The number of ether oxygens (including phenoxy) is 1. The first-order valence-corrected chi connectivity index (χ1v) is 7.15. The van der Waals surface area contributed by atoms with Crippen LogP contribution in [0.25, 0.3) is 0 Å². The summed E-state index contributed by atoms with van der Waals surface area (Å²) in [6.07, 6.45) is -2.89. The summed E-state index contributed by atoms with van der Waals surface area (Å²) in [5, 5.41) is 6.26. The molecule has 1 N–H and O–H groups in total. The Balaban J connectivity index is 1.95. The Morgan fingerprint density at radius 2 is 1.76 bits per heavy atom. The fourth-order valence-corrected chi connectivity index (χ4v) is 1.84. The number of carbonyl (C=O) groups excluding carboxylic acids is 1. The van der Waals surface area contributed by atoms with Crippen LogP contribution in [0.15, 0.2) is 53.7 Å². The zero-order valence-corrected chi connectivity index (χ0v) is 13.2. The van der Waals surface area contributed by atoms with Gasteiger partial charge in [0.2, 0.25) is 0 Å². The summed E-state index contributed by atoms with van der Waals surface area (Å²) in [6, 6.07) is 12.3. The van der Waals surface area contributed by atoms with Gasteiger partial charge in [0, 0.05) is 11.3 Å². The van der Waals surface area contributed by atoms with Crippen molar-refractivity contribution < 1.29 is 27.5 Å². The molecule has 0 aliphatic heterocycles. The van der Waals surface area contributed by atoms with Crippen molar-refractivity contribution in [2.24, 2.45) is 5.16 Å². The zero-order chi connectivity index (χ0) is 18.3. The van der Waals surface area contributed by atoms with Crippen molar-refractivity contribution in [2.75, 3.05) is 19.0 Å². The maximum Gasteiger partial charge on any atom is 0.422 e. The molecule has 2 aromatic carbocycles. The first-order chi connectivity index (χ1) is 11.9. The molecule has 25 heavy (non-hydrogen) atoms. The highest BCUT2D eigenvalue weighted by atomic mass is 19.4. The van der Waals surface area contributed by atoms with Crippen LogP contribution in [0.3, 0.4) is 0 Å². The van der Waals surface area contributed by atoms with Gasteiger partial charge in [-0.25, -0.2) is 0 Å². The number of halogens is 3. The summed E-state index contributed by atoms with van der Waals surface area (Å²) in [5.41, 5.74) is 1.63. The molecule has 1 amide bonds. The lowest BCUT2D eigenvalue weighted by molar-refractivity contribution is -0.153. The number of alkyl halides is 3. The normalized spacial score (nSPS) is 11.4. The predicted octanol–water partition coefficient (Wildman–Crippen LogP) is 3.86. The molecule has 2 aromatic rings. The van der Waals surface area contributed by atoms with E-state index in [-0.39, 0.29) is 11.7 Å². The number of amides is 1. The summed E-state index contributed by atoms with van der Waals surface area (Å²) < 4.78 is 40.8. The minimum absolute atomic E-state index is 0.0668. The number of nitrogens with zero attached hydrogens (tertiary/aromatic N) is 1. The lowest BCUT2D eigenvalue weighted by Crippen LogP contribution is -2.19. The molecule has 0 bridgehead atoms. The van der Waals surface area contributed by atoms with Gasteiger partial charge in [0.1, 0.15) is 12.9 Å². The van der Waals surface area contributed by atoms with Crippen molar-refractivity contribution in [3.63, 3.8) is 0 Å². The van der Waals surface area contributed by atoms with Gasteiger partial charge in [0.05, 0.1) is 6.21 Å². The van der Waals surface area contributed by atoms with E-state index in [4.69, 9.17) is 0 Å².